The van der Waals surface area contributed by atoms with Gasteiger partial charge in [0.25, 0.3) is 0 Å². The fraction of sp³-hybridized carbons (Fsp3) is 0.391. The van der Waals surface area contributed by atoms with Crippen LogP contribution in [0.4, 0.5) is 5.00 Å². The number of halogens is 2. The van der Waals surface area contributed by atoms with Crippen LogP contribution in [0.1, 0.15) is 53.5 Å². The minimum absolute atomic E-state index is 0.0919. The standard InChI is InChI=1S/C23H26Cl2N4O4S2/c1-6-29-20(13(4)33-17-9-8-15(24)10-16(17)25)27-28-23(29)34-11-18(30)26-21-19(22(31)32-7-2)12(3)14(5)35-21/h8-10,13H,6-7,11H2,1-5H3,(H,26,30). The number of hydrogen-bond donors (Lipinski definition) is 1. The van der Waals surface area contributed by atoms with Crippen LogP contribution in [0.3, 0.4) is 0 Å². The van der Waals surface area contributed by atoms with Crippen molar-refractivity contribution in [2.24, 2.45) is 0 Å². The summed E-state index contributed by atoms with van der Waals surface area (Å²) in [5, 5.41) is 13.4. The van der Waals surface area contributed by atoms with Gasteiger partial charge >= 0.3 is 5.97 Å². The number of aryl methyl sites for hydroxylation is 1. The van der Waals surface area contributed by atoms with Gasteiger partial charge in [0.15, 0.2) is 17.1 Å². The molecule has 8 nitrogen and oxygen atoms in total. The second-order valence-corrected chi connectivity index (χ2v) is 10.5. The molecule has 1 N–H and O–H groups in total. The quantitative estimate of drug-likeness (QED) is 0.230. The number of carbonyl (C=O) groups excluding carboxylic acids is 2. The lowest BCUT2D eigenvalue weighted by Crippen LogP contribution is -2.17. The molecule has 1 aromatic carbocycles. The van der Waals surface area contributed by atoms with Crippen LogP contribution < -0.4 is 10.1 Å². The monoisotopic (exact) mass is 556 g/mol. The summed E-state index contributed by atoms with van der Waals surface area (Å²) in [5.74, 6) is 0.486. The van der Waals surface area contributed by atoms with Crippen molar-refractivity contribution in [1.82, 2.24) is 14.8 Å². The lowest BCUT2D eigenvalue weighted by atomic mass is 10.1. The van der Waals surface area contributed by atoms with Gasteiger partial charge in [0, 0.05) is 16.4 Å². The molecule has 0 radical (unpaired) electrons. The van der Waals surface area contributed by atoms with E-state index in [0.29, 0.717) is 43.9 Å². The molecule has 2 heterocycles. The zero-order chi connectivity index (χ0) is 25.7. The average molecular weight is 558 g/mol. The van der Waals surface area contributed by atoms with E-state index in [0.717, 1.165) is 10.4 Å². The van der Waals surface area contributed by atoms with Gasteiger partial charge in [-0.1, -0.05) is 35.0 Å². The number of esters is 1. The molecule has 0 bridgehead atoms. The van der Waals surface area contributed by atoms with Crippen molar-refractivity contribution in [1.29, 1.82) is 0 Å². The van der Waals surface area contributed by atoms with E-state index in [1.807, 2.05) is 32.3 Å². The van der Waals surface area contributed by atoms with E-state index in [1.165, 1.54) is 23.1 Å². The molecule has 1 amide bonds. The van der Waals surface area contributed by atoms with E-state index >= 15 is 0 Å². The van der Waals surface area contributed by atoms with E-state index in [9.17, 15) is 9.59 Å². The normalized spacial score (nSPS) is 11.9. The molecule has 0 aliphatic carbocycles. The molecule has 35 heavy (non-hydrogen) atoms. The molecule has 12 heteroatoms. The number of ether oxygens (including phenoxy) is 2. The number of amides is 1. The smallest absolute Gasteiger partial charge is 0.341 e. The Morgan fingerprint density at radius 1 is 1.23 bits per heavy atom. The highest BCUT2D eigenvalue weighted by Gasteiger charge is 2.23. The Balaban J connectivity index is 1.68. The topological polar surface area (TPSA) is 95.3 Å². The molecule has 0 saturated heterocycles. The molecule has 1 unspecified atom stereocenters. The number of hydrogen-bond acceptors (Lipinski definition) is 8. The summed E-state index contributed by atoms with van der Waals surface area (Å²) < 4.78 is 13.0. The van der Waals surface area contributed by atoms with Crippen LogP contribution in [-0.4, -0.2) is 39.0 Å². The van der Waals surface area contributed by atoms with Gasteiger partial charge < -0.3 is 19.4 Å². The van der Waals surface area contributed by atoms with Crippen molar-refractivity contribution in [2.45, 2.75) is 52.4 Å². The average Bonchev–Trinajstić information content (AvgIpc) is 3.34. The lowest BCUT2D eigenvalue weighted by molar-refractivity contribution is -0.113. The largest absolute Gasteiger partial charge is 0.481 e. The van der Waals surface area contributed by atoms with Gasteiger partial charge in [-0.15, -0.1) is 21.5 Å². The van der Waals surface area contributed by atoms with Gasteiger partial charge in [0.05, 0.1) is 22.9 Å². The zero-order valence-corrected chi connectivity index (χ0v) is 23.1. The number of rotatable bonds is 10. The van der Waals surface area contributed by atoms with Crippen LogP contribution >= 0.6 is 46.3 Å². The Hall–Kier alpha value is -2.27. The van der Waals surface area contributed by atoms with E-state index in [1.54, 1.807) is 25.1 Å². The number of anilines is 1. The maximum atomic E-state index is 12.7. The fourth-order valence-corrected chi connectivity index (χ4v) is 5.60. The fourth-order valence-electron chi connectivity index (χ4n) is 3.28. The number of benzene rings is 1. The second kappa shape index (κ2) is 12.1. The third-order valence-electron chi connectivity index (χ3n) is 5.07. The highest BCUT2D eigenvalue weighted by molar-refractivity contribution is 7.99. The van der Waals surface area contributed by atoms with Crippen LogP contribution in [0.15, 0.2) is 23.4 Å². The van der Waals surface area contributed by atoms with Crippen LogP contribution in [0.25, 0.3) is 0 Å². The highest BCUT2D eigenvalue weighted by atomic mass is 35.5. The second-order valence-electron chi connectivity index (χ2n) is 7.46. The third-order valence-corrected chi connectivity index (χ3v) is 7.69. The Kier molecular flexibility index (Phi) is 9.46. The summed E-state index contributed by atoms with van der Waals surface area (Å²) in [6.45, 7) is 10.1. The Labute approximate surface area is 222 Å². The summed E-state index contributed by atoms with van der Waals surface area (Å²) in [4.78, 5) is 26.0. The minimum atomic E-state index is -0.442. The van der Waals surface area contributed by atoms with Crippen LogP contribution in [0.2, 0.25) is 10.0 Å². The molecular formula is C23H26Cl2N4O4S2. The molecule has 0 aliphatic rings. The molecule has 3 aromatic rings. The summed E-state index contributed by atoms with van der Waals surface area (Å²) in [6.07, 6.45) is -0.437. The van der Waals surface area contributed by atoms with Crippen molar-refractivity contribution in [3.63, 3.8) is 0 Å². The number of carbonyl (C=O) groups is 2. The third kappa shape index (κ3) is 6.49. The number of nitrogens with zero attached hydrogens (tertiary/aromatic N) is 3. The zero-order valence-electron chi connectivity index (χ0n) is 20.0. The van der Waals surface area contributed by atoms with E-state index < -0.39 is 12.1 Å². The molecule has 0 aliphatic heterocycles. The summed E-state index contributed by atoms with van der Waals surface area (Å²) in [5.41, 5.74) is 1.21. The first-order valence-electron chi connectivity index (χ1n) is 10.9. The first kappa shape index (κ1) is 27.3. The van der Waals surface area contributed by atoms with Crippen molar-refractivity contribution in [3.8, 4) is 5.75 Å². The van der Waals surface area contributed by atoms with Gasteiger partial charge in [0.1, 0.15) is 10.8 Å². The predicted octanol–water partition coefficient (Wildman–Crippen LogP) is 6.33. The molecule has 0 fully saturated rings. The Bertz CT molecular complexity index is 1230. The SMILES string of the molecule is CCOC(=O)c1c(NC(=O)CSc2nnc(C(C)Oc3ccc(Cl)cc3Cl)n2CC)sc(C)c1C. The molecule has 2 aromatic heterocycles. The molecule has 0 spiro atoms. The maximum absolute atomic E-state index is 12.7. The summed E-state index contributed by atoms with van der Waals surface area (Å²) in [6, 6.07) is 5.01. The van der Waals surface area contributed by atoms with Crippen LogP contribution in [0, 0.1) is 13.8 Å². The minimum Gasteiger partial charge on any atom is -0.481 e. The maximum Gasteiger partial charge on any atom is 0.341 e. The van der Waals surface area contributed by atoms with Gasteiger partial charge in [-0.25, -0.2) is 4.79 Å². The first-order chi connectivity index (χ1) is 16.7. The molecule has 3 rings (SSSR count). The van der Waals surface area contributed by atoms with E-state index in [2.05, 4.69) is 15.5 Å². The number of thiophene rings is 1. The molecule has 0 saturated carbocycles. The first-order valence-corrected chi connectivity index (χ1v) is 13.5. The lowest BCUT2D eigenvalue weighted by Gasteiger charge is -2.16. The molecular weight excluding hydrogens is 531 g/mol. The van der Waals surface area contributed by atoms with Crippen LogP contribution in [0.5, 0.6) is 5.75 Å². The molecule has 1 atom stereocenters. The Morgan fingerprint density at radius 2 is 1.97 bits per heavy atom. The Morgan fingerprint density at radius 3 is 2.63 bits per heavy atom. The number of nitrogens with one attached hydrogen (secondary N) is 1. The van der Waals surface area contributed by atoms with Crippen molar-refractivity contribution < 1.29 is 19.1 Å². The highest BCUT2D eigenvalue weighted by Crippen LogP contribution is 2.34. The van der Waals surface area contributed by atoms with Gasteiger partial charge in [0.2, 0.25) is 5.91 Å². The van der Waals surface area contributed by atoms with Gasteiger partial charge in [-0.2, -0.15) is 0 Å². The van der Waals surface area contributed by atoms with Crippen molar-refractivity contribution >= 4 is 63.2 Å². The van der Waals surface area contributed by atoms with Crippen molar-refractivity contribution in [3.05, 3.63) is 50.1 Å². The van der Waals surface area contributed by atoms with Gasteiger partial charge in [-0.3, -0.25) is 4.79 Å². The molecule has 188 valence electrons. The predicted molar refractivity (Wildman–Crippen MR) is 140 cm³/mol. The number of thioether (sulfide) groups is 1. The van der Waals surface area contributed by atoms with E-state index in [-0.39, 0.29) is 18.3 Å². The summed E-state index contributed by atoms with van der Waals surface area (Å²) >= 11 is 14.8. The number of aromatic nitrogens is 3. The van der Waals surface area contributed by atoms with Crippen LogP contribution in [-0.2, 0) is 16.1 Å². The van der Waals surface area contributed by atoms with E-state index in [4.69, 9.17) is 32.7 Å². The van der Waals surface area contributed by atoms with Gasteiger partial charge in [-0.05, 0) is 58.4 Å². The van der Waals surface area contributed by atoms with Crippen molar-refractivity contribution in [2.75, 3.05) is 17.7 Å². The summed E-state index contributed by atoms with van der Waals surface area (Å²) in [7, 11) is 0.